The second-order valence-corrected chi connectivity index (χ2v) is 3.67. The lowest BCUT2D eigenvalue weighted by molar-refractivity contribution is -0.0328. The van der Waals surface area contributed by atoms with Gasteiger partial charge in [-0.05, 0) is 6.07 Å². The van der Waals surface area contributed by atoms with Gasteiger partial charge >= 0.3 is 0 Å². The highest BCUT2D eigenvalue weighted by Crippen LogP contribution is 2.35. The molecule has 1 heterocycles. The van der Waals surface area contributed by atoms with Crippen LogP contribution in [0.4, 0.5) is 8.78 Å². The molecule has 1 N–H and O–H groups in total. The number of aromatic nitrogens is 2. The summed E-state index contributed by atoms with van der Waals surface area (Å²) in [6.07, 6.45) is -0.587. The Labute approximate surface area is 91.3 Å². The zero-order valence-corrected chi connectivity index (χ0v) is 8.82. The van der Waals surface area contributed by atoms with Crippen molar-refractivity contribution in [3.63, 3.8) is 0 Å². The van der Waals surface area contributed by atoms with Gasteiger partial charge in [-0.1, -0.05) is 18.2 Å². The Kier molecular flexibility index (Phi) is 2.63. The Bertz CT molecular complexity index is 508. The van der Waals surface area contributed by atoms with Gasteiger partial charge in [0.1, 0.15) is 5.69 Å². The fraction of sp³-hybridized carbons (Fsp3) is 0.364. The number of hydrogen-bond donors (Lipinski definition) is 1. The van der Waals surface area contributed by atoms with Crippen LogP contribution in [0.1, 0.15) is 12.1 Å². The van der Waals surface area contributed by atoms with Crippen molar-refractivity contribution >= 4 is 10.9 Å². The Balaban J connectivity index is 2.63. The summed E-state index contributed by atoms with van der Waals surface area (Å²) >= 11 is 0. The molecule has 1 aromatic carbocycles. The van der Waals surface area contributed by atoms with Crippen LogP contribution < -0.4 is 0 Å². The van der Waals surface area contributed by atoms with E-state index in [0.717, 1.165) is 0 Å². The van der Waals surface area contributed by atoms with Gasteiger partial charge in [-0.2, -0.15) is 13.9 Å². The van der Waals surface area contributed by atoms with Gasteiger partial charge in [0.15, 0.2) is 0 Å². The highest BCUT2D eigenvalue weighted by atomic mass is 19.3. The smallest absolute Gasteiger partial charge is 0.292 e. The first kappa shape index (κ1) is 11.0. The number of halogens is 2. The van der Waals surface area contributed by atoms with Crippen LogP contribution >= 0.6 is 0 Å². The summed E-state index contributed by atoms with van der Waals surface area (Å²) in [7, 11) is 1.49. The fourth-order valence-corrected chi connectivity index (χ4v) is 1.84. The molecule has 0 spiro atoms. The molecule has 2 rings (SSSR count). The molecular formula is C11H12F2N2O. The second kappa shape index (κ2) is 3.83. The molecule has 0 bridgehead atoms. The Hall–Kier alpha value is -1.49. The van der Waals surface area contributed by atoms with E-state index in [-0.39, 0.29) is 5.69 Å². The summed E-state index contributed by atoms with van der Waals surface area (Å²) in [6.45, 7) is -0.549. The van der Waals surface area contributed by atoms with Crippen LogP contribution in [0, 0.1) is 0 Å². The van der Waals surface area contributed by atoms with Gasteiger partial charge in [0.25, 0.3) is 5.92 Å². The first-order chi connectivity index (χ1) is 7.56. The summed E-state index contributed by atoms with van der Waals surface area (Å²) in [5.41, 5.74) is 0.398. The van der Waals surface area contributed by atoms with Crippen molar-refractivity contribution in [3.8, 4) is 0 Å². The molecule has 3 nitrogen and oxygen atoms in total. The number of alkyl halides is 2. The van der Waals surface area contributed by atoms with E-state index in [2.05, 4.69) is 5.10 Å². The number of hydrogen-bond acceptors (Lipinski definition) is 2. The molecule has 2 aromatic rings. The zero-order valence-electron chi connectivity index (χ0n) is 8.82. The number of rotatable bonds is 3. The lowest BCUT2D eigenvalue weighted by Crippen LogP contribution is -2.19. The molecule has 0 aliphatic heterocycles. The third-order valence-electron chi connectivity index (χ3n) is 2.51. The topological polar surface area (TPSA) is 38.0 Å². The predicted molar refractivity (Wildman–Crippen MR) is 56.3 cm³/mol. The minimum atomic E-state index is -3.06. The normalized spacial score (nSPS) is 12.2. The standard InChI is InChI=1S/C11H12F2N2O/c1-15-10(11(12,13)6-7-16)8-4-2-3-5-9(8)14-15/h2-5,16H,6-7H2,1H3. The SMILES string of the molecule is Cn1nc2ccccc2c1C(F)(F)CCO. The molecule has 0 saturated heterocycles. The molecule has 0 fully saturated rings. The van der Waals surface area contributed by atoms with Crippen LogP contribution in [-0.4, -0.2) is 21.5 Å². The predicted octanol–water partition coefficient (Wildman–Crippen LogP) is 2.05. The van der Waals surface area contributed by atoms with Gasteiger partial charge in [-0.3, -0.25) is 4.68 Å². The van der Waals surface area contributed by atoms with Crippen molar-refractivity contribution in [2.45, 2.75) is 12.3 Å². The summed E-state index contributed by atoms with van der Waals surface area (Å²) in [5.74, 6) is -3.06. The van der Waals surface area contributed by atoms with Crippen molar-refractivity contribution in [1.29, 1.82) is 0 Å². The summed E-state index contributed by atoms with van der Waals surface area (Å²) < 4.78 is 28.7. The van der Waals surface area contributed by atoms with E-state index < -0.39 is 19.0 Å². The first-order valence-electron chi connectivity index (χ1n) is 4.97. The van der Waals surface area contributed by atoms with Crippen LogP contribution in [0.15, 0.2) is 24.3 Å². The Morgan fingerprint density at radius 1 is 1.38 bits per heavy atom. The van der Waals surface area contributed by atoms with Gasteiger partial charge in [0.2, 0.25) is 0 Å². The maximum Gasteiger partial charge on any atom is 0.292 e. The molecule has 5 heteroatoms. The number of aliphatic hydroxyl groups excluding tert-OH is 1. The average Bonchev–Trinajstić information content (AvgIpc) is 2.53. The molecule has 0 atom stereocenters. The quantitative estimate of drug-likeness (QED) is 0.869. The van der Waals surface area contributed by atoms with Crippen LogP contribution in [0.5, 0.6) is 0 Å². The zero-order chi connectivity index (χ0) is 11.8. The van der Waals surface area contributed by atoms with E-state index >= 15 is 0 Å². The molecule has 0 unspecified atom stereocenters. The third kappa shape index (κ3) is 1.67. The second-order valence-electron chi connectivity index (χ2n) is 3.67. The number of aliphatic hydroxyl groups is 1. The number of fused-ring (bicyclic) bond motifs is 1. The monoisotopic (exact) mass is 226 g/mol. The number of nitrogens with zero attached hydrogens (tertiary/aromatic N) is 2. The molecule has 0 radical (unpaired) electrons. The van der Waals surface area contributed by atoms with Crippen molar-refractivity contribution in [2.24, 2.45) is 7.05 Å². The van der Waals surface area contributed by atoms with E-state index in [0.29, 0.717) is 10.9 Å². The van der Waals surface area contributed by atoms with Crippen LogP contribution in [0.2, 0.25) is 0 Å². The molecule has 1 aromatic heterocycles. The Morgan fingerprint density at radius 3 is 2.75 bits per heavy atom. The van der Waals surface area contributed by atoms with E-state index in [1.54, 1.807) is 24.3 Å². The average molecular weight is 226 g/mol. The highest BCUT2D eigenvalue weighted by Gasteiger charge is 2.36. The van der Waals surface area contributed by atoms with Crippen molar-refractivity contribution in [3.05, 3.63) is 30.0 Å². The maximum atomic E-state index is 13.8. The summed E-state index contributed by atoms with van der Waals surface area (Å²) in [6, 6.07) is 6.75. The van der Waals surface area contributed by atoms with Crippen molar-refractivity contribution < 1.29 is 13.9 Å². The van der Waals surface area contributed by atoms with E-state index in [1.807, 2.05) is 0 Å². The van der Waals surface area contributed by atoms with Crippen LogP contribution in [0.3, 0.4) is 0 Å². The maximum absolute atomic E-state index is 13.8. The van der Waals surface area contributed by atoms with Crippen LogP contribution in [-0.2, 0) is 13.0 Å². The van der Waals surface area contributed by atoms with Gasteiger partial charge in [-0.25, -0.2) is 0 Å². The Morgan fingerprint density at radius 2 is 2.06 bits per heavy atom. The van der Waals surface area contributed by atoms with E-state index in [1.165, 1.54) is 11.7 Å². The molecule has 86 valence electrons. The van der Waals surface area contributed by atoms with Gasteiger partial charge in [0, 0.05) is 25.5 Å². The van der Waals surface area contributed by atoms with Crippen LogP contribution in [0.25, 0.3) is 10.9 Å². The third-order valence-corrected chi connectivity index (χ3v) is 2.51. The van der Waals surface area contributed by atoms with Crippen molar-refractivity contribution in [1.82, 2.24) is 9.78 Å². The lowest BCUT2D eigenvalue weighted by Gasteiger charge is -2.15. The van der Waals surface area contributed by atoms with Gasteiger partial charge in [0.05, 0.1) is 5.52 Å². The van der Waals surface area contributed by atoms with E-state index in [4.69, 9.17) is 5.11 Å². The lowest BCUT2D eigenvalue weighted by atomic mass is 10.1. The first-order valence-corrected chi connectivity index (χ1v) is 4.97. The summed E-state index contributed by atoms with van der Waals surface area (Å²) in [5, 5.41) is 13.1. The molecular weight excluding hydrogens is 214 g/mol. The number of benzene rings is 1. The number of aryl methyl sites for hydroxylation is 1. The van der Waals surface area contributed by atoms with Gasteiger partial charge < -0.3 is 5.11 Å². The van der Waals surface area contributed by atoms with Gasteiger partial charge in [-0.15, -0.1) is 0 Å². The highest BCUT2D eigenvalue weighted by molar-refractivity contribution is 5.82. The molecule has 0 saturated carbocycles. The molecule has 16 heavy (non-hydrogen) atoms. The van der Waals surface area contributed by atoms with E-state index in [9.17, 15) is 8.78 Å². The largest absolute Gasteiger partial charge is 0.396 e. The summed E-state index contributed by atoms with van der Waals surface area (Å²) in [4.78, 5) is 0. The minimum absolute atomic E-state index is 0.142. The minimum Gasteiger partial charge on any atom is -0.396 e. The van der Waals surface area contributed by atoms with Crippen molar-refractivity contribution in [2.75, 3.05) is 6.61 Å². The molecule has 0 amide bonds. The molecule has 0 aliphatic carbocycles. The fourth-order valence-electron chi connectivity index (χ4n) is 1.84. The molecule has 0 aliphatic rings.